The van der Waals surface area contributed by atoms with E-state index in [1.165, 1.54) is 11.3 Å². The van der Waals surface area contributed by atoms with Gasteiger partial charge in [0, 0.05) is 17.7 Å². The standard InChI is InChI=1S/C14H13N3O4/c18-13(17-7-1-2-11(17)14(19)20)10-5-3-9(4-6-10)12-15-8-21-16-12/h3-6,8,11H,1-2,7H2,(H,19,20)/t11-/m1/s1. The first-order valence-electron chi connectivity index (χ1n) is 6.57. The molecule has 0 saturated carbocycles. The Kier molecular flexibility index (Phi) is 3.39. The lowest BCUT2D eigenvalue weighted by Crippen LogP contribution is -2.40. The molecule has 1 saturated heterocycles. The largest absolute Gasteiger partial charge is 0.480 e. The zero-order valence-electron chi connectivity index (χ0n) is 11.1. The van der Waals surface area contributed by atoms with Crippen molar-refractivity contribution in [2.24, 2.45) is 0 Å². The maximum atomic E-state index is 12.4. The highest BCUT2D eigenvalue weighted by molar-refractivity contribution is 5.97. The van der Waals surface area contributed by atoms with Gasteiger partial charge in [0.25, 0.3) is 5.91 Å². The van der Waals surface area contributed by atoms with Crippen molar-refractivity contribution in [1.82, 2.24) is 15.0 Å². The maximum absolute atomic E-state index is 12.4. The molecule has 0 bridgehead atoms. The minimum atomic E-state index is -0.954. The molecule has 1 aromatic heterocycles. The Bertz CT molecular complexity index is 651. The summed E-state index contributed by atoms with van der Waals surface area (Å²) in [5, 5.41) is 12.8. The van der Waals surface area contributed by atoms with E-state index in [1.807, 2.05) is 0 Å². The van der Waals surface area contributed by atoms with Crippen molar-refractivity contribution >= 4 is 11.9 Å². The fraction of sp³-hybridized carbons (Fsp3) is 0.286. The zero-order valence-corrected chi connectivity index (χ0v) is 11.1. The van der Waals surface area contributed by atoms with Crippen molar-refractivity contribution < 1.29 is 19.2 Å². The molecule has 7 nitrogen and oxygen atoms in total. The number of hydrogen-bond acceptors (Lipinski definition) is 5. The monoisotopic (exact) mass is 287 g/mol. The van der Waals surface area contributed by atoms with E-state index >= 15 is 0 Å². The number of hydrogen-bond donors (Lipinski definition) is 1. The lowest BCUT2D eigenvalue weighted by Gasteiger charge is -2.21. The summed E-state index contributed by atoms with van der Waals surface area (Å²) in [6, 6.07) is 5.99. The van der Waals surface area contributed by atoms with Crippen LogP contribution in [0.15, 0.2) is 35.2 Å². The molecule has 7 heteroatoms. The predicted octanol–water partition coefficient (Wildman–Crippen LogP) is 1.43. The molecule has 0 aliphatic carbocycles. The van der Waals surface area contributed by atoms with Crippen LogP contribution in [-0.2, 0) is 4.79 Å². The molecule has 1 fully saturated rings. The minimum absolute atomic E-state index is 0.264. The number of likely N-dealkylation sites (tertiary alicyclic amines) is 1. The highest BCUT2D eigenvalue weighted by atomic mass is 16.5. The number of carboxylic acid groups (broad SMARTS) is 1. The van der Waals surface area contributed by atoms with Crippen LogP contribution in [-0.4, -0.2) is 44.6 Å². The van der Waals surface area contributed by atoms with Crippen molar-refractivity contribution in [1.29, 1.82) is 0 Å². The van der Waals surface area contributed by atoms with Gasteiger partial charge in [-0.2, -0.15) is 4.98 Å². The molecular formula is C14H13N3O4. The fourth-order valence-electron chi connectivity index (χ4n) is 2.49. The molecule has 1 aromatic carbocycles. The molecule has 0 unspecified atom stereocenters. The van der Waals surface area contributed by atoms with Gasteiger partial charge in [-0.15, -0.1) is 0 Å². The van der Waals surface area contributed by atoms with Crippen molar-refractivity contribution in [3.63, 3.8) is 0 Å². The van der Waals surface area contributed by atoms with Crippen LogP contribution in [0.1, 0.15) is 23.2 Å². The molecule has 108 valence electrons. The van der Waals surface area contributed by atoms with Crippen molar-refractivity contribution in [2.75, 3.05) is 6.54 Å². The Morgan fingerprint density at radius 2 is 2.05 bits per heavy atom. The number of amides is 1. The van der Waals surface area contributed by atoms with E-state index in [0.29, 0.717) is 30.8 Å². The van der Waals surface area contributed by atoms with Gasteiger partial charge in [-0.1, -0.05) is 17.3 Å². The van der Waals surface area contributed by atoms with E-state index in [9.17, 15) is 9.59 Å². The fourth-order valence-corrected chi connectivity index (χ4v) is 2.49. The lowest BCUT2D eigenvalue weighted by molar-refractivity contribution is -0.141. The Hall–Kier alpha value is -2.70. The average Bonchev–Trinajstić information content (AvgIpc) is 3.18. The minimum Gasteiger partial charge on any atom is -0.480 e. The molecule has 2 heterocycles. The Labute approximate surface area is 120 Å². The van der Waals surface area contributed by atoms with Gasteiger partial charge in [0.15, 0.2) is 0 Å². The zero-order chi connectivity index (χ0) is 14.8. The third-order valence-corrected chi connectivity index (χ3v) is 3.55. The highest BCUT2D eigenvalue weighted by Crippen LogP contribution is 2.22. The molecular weight excluding hydrogens is 274 g/mol. The van der Waals surface area contributed by atoms with Crippen LogP contribution >= 0.6 is 0 Å². The summed E-state index contributed by atoms with van der Waals surface area (Å²) >= 11 is 0. The number of carboxylic acids is 1. The second-order valence-electron chi connectivity index (χ2n) is 4.83. The van der Waals surface area contributed by atoms with Crippen LogP contribution in [0.4, 0.5) is 0 Å². The third kappa shape index (κ3) is 2.49. The average molecular weight is 287 g/mol. The SMILES string of the molecule is O=C(O)[C@H]1CCCN1C(=O)c1ccc(-c2ncon2)cc1. The second kappa shape index (κ2) is 5.35. The highest BCUT2D eigenvalue weighted by Gasteiger charge is 2.34. The Morgan fingerprint density at radius 1 is 1.29 bits per heavy atom. The van der Waals surface area contributed by atoms with Crippen molar-refractivity contribution in [3.8, 4) is 11.4 Å². The van der Waals surface area contributed by atoms with Crippen LogP contribution in [0, 0.1) is 0 Å². The summed E-state index contributed by atoms with van der Waals surface area (Å²) in [6.07, 6.45) is 2.45. The van der Waals surface area contributed by atoms with Gasteiger partial charge in [0.2, 0.25) is 12.2 Å². The topological polar surface area (TPSA) is 96.5 Å². The first kappa shape index (κ1) is 13.3. The number of benzene rings is 1. The molecule has 2 aromatic rings. The summed E-state index contributed by atoms with van der Waals surface area (Å²) in [4.78, 5) is 28.8. The first-order chi connectivity index (χ1) is 10.2. The smallest absolute Gasteiger partial charge is 0.326 e. The lowest BCUT2D eigenvalue weighted by atomic mass is 10.1. The van der Waals surface area contributed by atoms with Crippen LogP contribution in [0.3, 0.4) is 0 Å². The molecule has 1 N–H and O–H groups in total. The number of carbonyl (C=O) groups excluding carboxylic acids is 1. The maximum Gasteiger partial charge on any atom is 0.326 e. The normalized spacial score (nSPS) is 17.9. The van der Waals surface area contributed by atoms with Gasteiger partial charge >= 0.3 is 5.97 Å². The number of nitrogens with zero attached hydrogens (tertiary/aromatic N) is 3. The summed E-state index contributed by atoms with van der Waals surface area (Å²) in [6.45, 7) is 0.475. The molecule has 1 atom stereocenters. The third-order valence-electron chi connectivity index (χ3n) is 3.55. The van der Waals surface area contributed by atoms with Crippen LogP contribution in [0.2, 0.25) is 0 Å². The van der Waals surface area contributed by atoms with Crippen LogP contribution in [0.25, 0.3) is 11.4 Å². The molecule has 1 aliphatic heterocycles. The summed E-state index contributed by atoms with van der Waals surface area (Å²) in [5.74, 6) is -0.776. The molecule has 1 amide bonds. The summed E-state index contributed by atoms with van der Waals surface area (Å²) < 4.78 is 4.67. The quantitative estimate of drug-likeness (QED) is 0.917. The van der Waals surface area contributed by atoms with Gasteiger partial charge in [-0.3, -0.25) is 4.79 Å². The predicted molar refractivity (Wildman–Crippen MR) is 71.4 cm³/mol. The van der Waals surface area contributed by atoms with Crippen molar-refractivity contribution in [2.45, 2.75) is 18.9 Å². The van der Waals surface area contributed by atoms with E-state index in [2.05, 4.69) is 14.7 Å². The number of carbonyl (C=O) groups is 2. The van der Waals surface area contributed by atoms with E-state index in [0.717, 1.165) is 5.56 Å². The van der Waals surface area contributed by atoms with Crippen molar-refractivity contribution in [3.05, 3.63) is 36.2 Å². The molecule has 3 rings (SSSR count). The van der Waals surface area contributed by atoms with Gasteiger partial charge in [0.05, 0.1) is 0 Å². The molecule has 21 heavy (non-hydrogen) atoms. The van der Waals surface area contributed by atoms with E-state index in [4.69, 9.17) is 5.11 Å². The molecule has 0 radical (unpaired) electrons. The van der Waals surface area contributed by atoms with E-state index in [1.54, 1.807) is 24.3 Å². The van der Waals surface area contributed by atoms with Gasteiger partial charge in [-0.25, -0.2) is 4.79 Å². The number of rotatable bonds is 3. The van der Waals surface area contributed by atoms with Gasteiger partial charge in [0.1, 0.15) is 6.04 Å². The van der Waals surface area contributed by atoms with E-state index in [-0.39, 0.29) is 5.91 Å². The summed E-state index contributed by atoms with van der Waals surface area (Å²) in [5.41, 5.74) is 1.19. The van der Waals surface area contributed by atoms with Gasteiger partial charge < -0.3 is 14.5 Å². The Morgan fingerprint density at radius 3 is 2.67 bits per heavy atom. The second-order valence-corrected chi connectivity index (χ2v) is 4.83. The van der Waals surface area contributed by atoms with Gasteiger partial charge in [-0.05, 0) is 25.0 Å². The number of aromatic nitrogens is 2. The number of aliphatic carboxylic acids is 1. The molecule has 0 spiro atoms. The Balaban J connectivity index is 1.80. The van der Waals surface area contributed by atoms with E-state index < -0.39 is 12.0 Å². The van der Waals surface area contributed by atoms with Crippen LogP contribution in [0.5, 0.6) is 0 Å². The molecule has 1 aliphatic rings. The van der Waals surface area contributed by atoms with Crippen LogP contribution < -0.4 is 0 Å². The first-order valence-corrected chi connectivity index (χ1v) is 6.57. The summed E-state index contributed by atoms with van der Waals surface area (Å²) in [7, 11) is 0.